The Balaban J connectivity index is 0.00000144. The largest absolute Gasteiger partial charge is 0.342 e. The number of nitrogens with two attached hydrogens (primary N) is 1. The van der Waals surface area contributed by atoms with Gasteiger partial charge in [-0.1, -0.05) is 30.3 Å². The summed E-state index contributed by atoms with van der Waals surface area (Å²) in [5, 5.41) is 0. The first-order valence-electron chi connectivity index (χ1n) is 5.81. The van der Waals surface area contributed by atoms with E-state index in [2.05, 4.69) is 0 Å². The van der Waals surface area contributed by atoms with Crippen molar-refractivity contribution in [2.75, 3.05) is 19.6 Å². The molecule has 1 aromatic carbocycles. The van der Waals surface area contributed by atoms with Gasteiger partial charge in [0.2, 0.25) is 5.91 Å². The first-order chi connectivity index (χ1) is 7.79. The number of likely N-dealkylation sites (tertiary alicyclic amines) is 1. The highest BCUT2D eigenvalue weighted by Gasteiger charge is 2.24. The summed E-state index contributed by atoms with van der Waals surface area (Å²) in [4.78, 5) is 13.9. The van der Waals surface area contributed by atoms with Crippen molar-refractivity contribution in [3.63, 3.8) is 0 Å². The molecule has 1 saturated heterocycles. The van der Waals surface area contributed by atoms with Crippen molar-refractivity contribution in [2.45, 2.75) is 12.8 Å². The van der Waals surface area contributed by atoms with E-state index in [0.29, 0.717) is 18.9 Å². The van der Waals surface area contributed by atoms with Gasteiger partial charge in [-0.05, 0) is 24.4 Å². The number of carbonyl (C=O) groups excluding carboxylic acids is 1. The highest BCUT2D eigenvalue weighted by atomic mass is 35.5. The predicted molar refractivity (Wildman–Crippen MR) is 71.1 cm³/mol. The first-order valence-corrected chi connectivity index (χ1v) is 5.81. The Labute approximate surface area is 108 Å². The van der Waals surface area contributed by atoms with Crippen LogP contribution in [0.15, 0.2) is 30.3 Å². The maximum absolute atomic E-state index is 12.0. The second-order valence-electron chi connectivity index (χ2n) is 4.39. The van der Waals surface area contributed by atoms with Crippen LogP contribution in [0.2, 0.25) is 0 Å². The maximum Gasteiger partial charge on any atom is 0.226 e. The molecule has 1 heterocycles. The van der Waals surface area contributed by atoms with Gasteiger partial charge in [-0.2, -0.15) is 0 Å². The first kappa shape index (κ1) is 14.0. The molecule has 3 nitrogen and oxygen atoms in total. The fraction of sp³-hybridized carbons (Fsp3) is 0.462. The molecular weight excluding hydrogens is 236 g/mol. The zero-order valence-corrected chi connectivity index (χ0v) is 10.7. The molecule has 94 valence electrons. The average Bonchev–Trinajstić information content (AvgIpc) is 2.79. The van der Waals surface area contributed by atoms with Gasteiger partial charge in [0, 0.05) is 13.1 Å². The van der Waals surface area contributed by atoms with Crippen LogP contribution in [0.3, 0.4) is 0 Å². The number of halogens is 1. The van der Waals surface area contributed by atoms with E-state index in [9.17, 15) is 4.79 Å². The van der Waals surface area contributed by atoms with E-state index < -0.39 is 0 Å². The minimum Gasteiger partial charge on any atom is -0.342 e. The fourth-order valence-electron chi connectivity index (χ4n) is 2.13. The second-order valence-corrected chi connectivity index (χ2v) is 4.39. The fourth-order valence-corrected chi connectivity index (χ4v) is 2.13. The molecule has 1 atom stereocenters. The molecule has 2 rings (SSSR count). The highest BCUT2D eigenvalue weighted by Crippen LogP contribution is 2.16. The van der Waals surface area contributed by atoms with Gasteiger partial charge in [-0.15, -0.1) is 12.4 Å². The third-order valence-corrected chi connectivity index (χ3v) is 3.17. The topological polar surface area (TPSA) is 46.3 Å². The van der Waals surface area contributed by atoms with Crippen LogP contribution < -0.4 is 5.73 Å². The second kappa shape index (κ2) is 6.62. The average molecular weight is 255 g/mol. The summed E-state index contributed by atoms with van der Waals surface area (Å²) < 4.78 is 0. The number of amides is 1. The van der Waals surface area contributed by atoms with Crippen LogP contribution in [0.1, 0.15) is 12.0 Å². The van der Waals surface area contributed by atoms with E-state index in [4.69, 9.17) is 5.73 Å². The number of nitrogens with zero attached hydrogens (tertiary/aromatic N) is 1. The van der Waals surface area contributed by atoms with E-state index in [1.54, 1.807) is 0 Å². The summed E-state index contributed by atoms with van der Waals surface area (Å²) in [6, 6.07) is 9.89. The van der Waals surface area contributed by atoms with E-state index in [1.165, 1.54) is 0 Å². The van der Waals surface area contributed by atoms with E-state index in [0.717, 1.165) is 25.1 Å². The molecule has 0 saturated carbocycles. The van der Waals surface area contributed by atoms with Crippen LogP contribution in [-0.2, 0) is 11.2 Å². The normalized spacial score (nSPS) is 18.9. The Kier molecular flexibility index (Phi) is 5.45. The van der Waals surface area contributed by atoms with Crippen molar-refractivity contribution < 1.29 is 4.79 Å². The molecule has 1 amide bonds. The van der Waals surface area contributed by atoms with E-state index in [1.807, 2.05) is 35.2 Å². The summed E-state index contributed by atoms with van der Waals surface area (Å²) in [6.45, 7) is 2.39. The Morgan fingerprint density at radius 2 is 2.06 bits per heavy atom. The third-order valence-electron chi connectivity index (χ3n) is 3.17. The molecule has 0 bridgehead atoms. The zero-order chi connectivity index (χ0) is 11.4. The molecule has 1 fully saturated rings. The summed E-state index contributed by atoms with van der Waals surface area (Å²) >= 11 is 0. The Morgan fingerprint density at radius 1 is 1.35 bits per heavy atom. The van der Waals surface area contributed by atoms with Crippen molar-refractivity contribution in [1.29, 1.82) is 0 Å². The number of hydrogen-bond acceptors (Lipinski definition) is 2. The van der Waals surface area contributed by atoms with Gasteiger partial charge in [0.15, 0.2) is 0 Å². The molecular formula is C13H19ClN2O. The predicted octanol–water partition coefficient (Wildman–Crippen LogP) is 1.46. The van der Waals surface area contributed by atoms with Crippen LogP contribution >= 0.6 is 12.4 Å². The van der Waals surface area contributed by atoms with Crippen LogP contribution in [0, 0.1) is 5.92 Å². The quantitative estimate of drug-likeness (QED) is 0.888. The molecule has 0 spiro atoms. The highest BCUT2D eigenvalue weighted by molar-refractivity contribution is 5.85. The molecule has 0 aliphatic carbocycles. The summed E-state index contributed by atoms with van der Waals surface area (Å²) in [5.74, 6) is 0.724. The van der Waals surface area contributed by atoms with Crippen molar-refractivity contribution in [2.24, 2.45) is 11.7 Å². The van der Waals surface area contributed by atoms with Crippen molar-refractivity contribution in [3.05, 3.63) is 35.9 Å². The number of carbonyl (C=O) groups is 1. The lowest BCUT2D eigenvalue weighted by atomic mass is 10.1. The van der Waals surface area contributed by atoms with Crippen LogP contribution in [0.5, 0.6) is 0 Å². The molecule has 1 unspecified atom stereocenters. The minimum atomic E-state index is 0. The number of hydrogen-bond donors (Lipinski definition) is 1. The Bertz CT molecular complexity index is 356. The van der Waals surface area contributed by atoms with Crippen LogP contribution in [0.4, 0.5) is 0 Å². The molecule has 4 heteroatoms. The SMILES string of the molecule is Cl.NCC1CCN(C(=O)Cc2ccccc2)C1. The smallest absolute Gasteiger partial charge is 0.226 e. The maximum atomic E-state index is 12.0. The van der Waals surface area contributed by atoms with Gasteiger partial charge < -0.3 is 10.6 Å². The van der Waals surface area contributed by atoms with Gasteiger partial charge in [0.25, 0.3) is 0 Å². The lowest BCUT2D eigenvalue weighted by Crippen LogP contribution is -2.31. The molecule has 1 aromatic rings. The van der Waals surface area contributed by atoms with Gasteiger partial charge in [-0.25, -0.2) is 0 Å². The van der Waals surface area contributed by atoms with Gasteiger partial charge in [0.1, 0.15) is 0 Å². The molecule has 17 heavy (non-hydrogen) atoms. The molecule has 2 N–H and O–H groups in total. The third kappa shape index (κ3) is 3.72. The minimum absolute atomic E-state index is 0. The summed E-state index contributed by atoms with van der Waals surface area (Å²) in [5.41, 5.74) is 6.70. The molecule has 0 radical (unpaired) electrons. The van der Waals surface area contributed by atoms with E-state index in [-0.39, 0.29) is 18.3 Å². The lowest BCUT2D eigenvalue weighted by Gasteiger charge is -2.16. The zero-order valence-electron chi connectivity index (χ0n) is 9.84. The molecule has 1 aliphatic rings. The van der Waals surface area contributed by atoms with Crippen LogP contribution in [0.25, 0.3) is 0 Å². The van der Waals surface area contributed by atoms with Gasteiger partial charge >= 0.3 is 0 Å². The summed E-state index contributed by atoms with van der Waals surface area (Å²) in [7, 11) is 0. The van der Waals surface area contributed by atoms with Gasteiger partial charge in [0.05, 0.1) is 6.42 Å². The van der Waals surface area contributed by atoms with Crippen LogP contribution in [-0.4, -0.2) is 30.4 Å². The monoisotopic (exact) mass is 254 g/mol. The van der Waals surface area contributed by atoms with Crippen molar-refractivity contribution in [3.8, 4) is 0 Å². The number of rotatable bonds is 3. The molecule has 1 aliphatic heterocycles. The van der Waals surface area contributed by atoms with Gasteiger partial charge in [-0.3, -0.25) is 4.79 Å². The lowest BCUT2D eigenvalue weighted by molar-refractivity contribution is -0.129. The van der Waals surface area contributed by atoms with E-state index >= 15 is 0 Å². The molecule has 0 aromatic heterocycles. The number of benzene rings is 1. The van der Waals surface area contributed by atoms with Crippen molar-refractivity contribution >= 4 is 18.3 Å². The standard InChI is InChI=1S/C13H18N2O.ClH/c14-9-12-6-7-15(10-12)13(16)8-11-4-2-1-3-5-11;/h1-5,12H,6-10,14H2;1H. The van der Waals surface area contributed by atoms with Crippen molar-refractivity contribution in [1.82, 2.24) is 4.90 Å². The summed E-state index contributed by atoms with van der Waals surface area (Å²) in [6.07, 6.45) is 1.56. The Morgan fingerprint density at radius 3 is 2.65 bits per heavy atom. The Hall–Kier alpha value is -1.06.